The van der Waals surface area contributed by atoms with Crippen molar-refractivity contribution in [2.24, 2.45) is 5.73 Å². The molecule has 106 valence electrons. The zero-order valence-corrected chi connectivity index (χ0v) is 11.7. The van der Waals surface area contributed by atoms with Crippen LogP contribution >= 0.6 is 0 Å². The van der Waals surface area contributed by atoms with E-state index in [0.717, 1.165) is 16.3 Å². The monoisotopic (exact) mass is 273 g/mol. The first-order valence-corrected chi connectivity index (χ1v) is 6.71. The molecular formula is C16H19NO3. The van der Waals surface area contributed by atoms with Crippen LogP contribution in [0, 0.1) is 0 Å². The minimum Gasteiger partial charge on any atom is -0.479 e. The van der Waals surface area contributed by atoms with Crippen LogP contribution in [0.4, 0.5) is 0 Å². The molecule has 2 atom stereocenters. The minimum absolute atomic E-state index is 0.221. The third-order valence-corrected chi connectivity index (χ3v) is 3.31. The van der Waals surface area contributed by atoms with E-state index in [1.54, 1.807) is 6.92 Å². The lowest BCUT2D eigenvalue weighted by molar-refractivity contribution is -0.145. The summed E-state index contributed by atoms with van der Waals surface area (Å²) >= 11 is 0. The molecule has 0 fully saturated rings. The van der Waals surface area contributed by atoms with Crippen LogP contribution in [-0.2, 0) is 4.79 Å². The molecule has 4 nitrogen and oxygen atoms in total. The maximum Gasteiger partial charge on any atom is 0.344 e. The molecule has 0 saturated carbocycles. The Morgan fingerprint density at radius 2 is 2.00 bits per heavy atom. The van der Waals surface area contributed by atoms with Crippen LogP contribution in [0.1, 0.15) is 31.9 Å². The highest BCUT2D eigenvalue weighted by Crippen LogP contribution is 2.33. The lowest BCUT2D eigenvalue weighted by atomic mass is 10.0. The largest absolute Gasteiger partial charge is 0.479 e. The Balaban J connectivity index is 2.57. The van der Waals surface area contributed by atoms with Crippen molar-refractivity contribution in [3.8, 4) is 5.75 Å². The van der Waals surface area contributed by atoms with Crippen molar-refractivity contribution in [1.29, 1.82) is 0 Å². The number of ether oxygens (including phenoxy) is 1. The van der Waals surface area contributed by atoms with Crippen LogP contribution in [0.2, 0.25) is 0 Å². The Bertz CT molecular complexity index is 622. The van der Waals surface area contributed by atoms with Gasteiger partial charge in [-0.2, -0.15) is 0 Å². The smallest absolute Gasteiger partial charge is 0.344 e. The second kappa shape index (κ2) is 5.92. The van der Waals surface area contributed by atoms with E-state index in [1.165, 1.54) is 0 Å². The zero-order valence-electron chi connectivity index (χ0n) is 11.7. The van der Waals surface area contributed by atoms with Crippen LogP contribution in [0.3, 0.4) is 0 Å². The van der Waals surface area contributed by atoms with E-state index in [1.807, 2.05) is 43.3 Å². The molecule has 0 radical (unpaired) electrons. The SMILES string of the molecule is CCC(Oc1c([C@@H](C)N)ccc2ccccc12)C(=O)O. The molecule has 0 bridgehead atoms. The van der Waals surface area contributed by atoms with Gasteiger partial charge in [-0.15, -0.1) is 0 Å². The Kier molecular flexibility index (Phi) is 4.25. The Morgan fingerprint density at radius 3 is 2.60 bits per heavy atom. The third-order valence-electron chi connectivity index (χ3n) is 3.31. The van der Waals surface area contributed by atoms with Gasteiger partial charge >= 0.3 is 5.97 Å². The summed E-state index contributed by atoms with van der Waals surface area (Å²) in [4.78, 5) is 11.2. The van der Waals surface area contributed by atoms with Crippen LogP contribution in [0.15, 0.2) is 36.4 Å². The molecule has 2 rings (SSSR count). The summed E-state index contributed by atoms with van der Waals surface area (Å²) in [5.41, 5.74) is 6.79. The van der Waals surface area contributed by atoms with E-state index in [9.17, 15) is 9.90 Å². The summed E-state index contributed by atoms with van der Waals surface area (Å²) in [6.45, 7) is 3.65. The summed E-state index contributed by atoms with van der Waals surface area (Å²) in [6.07, 6.45) is -0.463. The standard InChI is InChI=1S/C16H19NO3/c1-3-14(16(18)19)20-15-12(10(2)17)9-8-11-6-4-5-7-13(11)15/h4-10,14H,3,17H2,1-2H3,(H,18,19)/t10-,14?/m1/s1. The van der Waals surface area contributed by atoms with E-state index in [4.69, 9.17) is 10.5 Å². The Morgan fingerprint density at radius 1 is 1.30 bits per heavy atom. The molecule has 0 aliphatic carbocycles. The highest BCUT2D eigenvalue weighted by Gasteiger charge is 2.21. The van der Waals surface area contributed by atoms with E-state index >= 15 is 0 Å². The third kappa shape index (κ3) is 2.75. The van der Waals surface area contributed by atoms with Crippen molar-refractivity contribution in [3.63, 3.8) is 0 Å². The van der Waals surface area contributed by atoms with Gasteiger partial charge in [-0.25, -0.2) is 4.79 Å². The highest BCUT2D eigenvalue weighted by atomic mass is 16.5. The Labute approximate surface area is 118 Å². The van der Waals surface area contributed by atoms with Gasteiger partial charge in [0.15, 0.2) is 6.10 Å². The van der Waals surface area contributed by atoms with Crippen molar-refractivity contribution >= 4 is 16.7 Å². The van der Waals surface area contributed by atoms with Crippen molar-refractivity contribution in [1.82, 2.24) is 0 Å². The molecule has 0 aliphatic heterocycles. The quantitative estimate of drug-likeness (QED) is 0.878. The minimum atomic E-state index is -0.962. The number of carbonyl (C=O) groups is 1. The average Bonchev–Trinajstić information content (AvgIpc) is 2.43. The molecule has 0 aromatic heterocycles. The van der Waals surface area contributed by atoms with Gasteiger partial charge in [-0.3, -0.25) is 0 Å². The van der Waals surface area contributed by atoms with Gasteiger partial charge in [0.1, 0.15) is 5.75 Å². The fourth-order valence-corrected chi connectivity index (χ4v) is 2.20. The number of hydrogen-bond donors (Lipinski definition) is 2. The number of hydrogen-bond acceptors (Lipinski definition) is 3. The van der Waals surface area contributed by atoms with E-state index in [0.29, 0.717) is 12.2 Å². The molecule has 0 saturated heterocycles. The summed E-state index contributed by atoms with van der Waals surface area (Å²) in [6, 6.07) is 11.4. The number of carboxylic acids is 1. The second-order valence-electron chi connectivity index (χ2n) is 4.85. The second-order valence-corrected chi connectivity index (χ2v) is 4.85. The van der Waals surface area contributed by atoms with Crippen molar-refractivity contribution in [2.75, 3.05) is 0 Å². The number of nitrogens with two attached hydrogens (primary N) is 1. The average molecular weight is 273 g/mol. The van der Waals surface area contributed by atoms with Gasteiger partial charge in [-0.05, 0) is 18.7 Å². The van der Waals surface area contributed by atoms with Crippen molar-refractivity contribution < 1.29 is 14.6 Å². The van der Waals surface area contributed by atoms with Crippen molar-refractivity contribution in [2.45, 2.75) is 32.4 Å². The van der Waals surface area contributed by atoms with Crippen LogP contribution in [-0.4, -0.2) is 17.2 Å². The maximum atomic E-state index is 11.2. The summed E-state index contributed by atoms with van der Waals surface area (Å²) < 4.78 is 5.75. The molecule has 0 spiro atoms. The first kappa shape index (κ1) is 14.3. The van der Waals surface area contributed by atoms with Gasteiger partial charge in [0.2, 0.25) is 0 Å². The maximum absolute atomic E-state index is 11.2. The number of aliphatic carboxylic acids is 1. The van der Waals surface area contributed by atoms with Gasteiger partial charge < -0.3 is 15.6 Å². The molecule has 4 heteroatoms. The molecule has 0 heterocycles. The van der Waals surface area contributed by atoms with Crippen LogP contribution in [0.5, 0.6) is 5.75 Å². The fourth-order valence-electron chi connectivity index (χ4n) is 2.20. The number of carboxylic acid groups (broad SMARTS) is 1. The molecule has 1 unspecified atom stereocenters. The molecule has 2 aromatic rings. The van der Waals surface area contributed by atoms with E-state index in [-0.39, 0.29) is 6.04 Å². The topological polar surface area (TPSA) is 72.5 Å². The van der Waals surface area contributed by atoms with Gasteiger partial charge in [0.05, 0.1) is 0 Å². The zero-order chi connectivity index (χ0) is 14.7. The lowest BCUT2D eigenvalue weighted by Gasteiger charge is -2.20. The molecular weight excluding hydrogens is 254 g/mol. The van der Waals surface area contributed by atoms with Gasteiger partial charge in [0, 0.05) is 17.0 Å². The van der Waals surface area contributed by atoms with Crippen LogP contribution in [0.25, 0.3) is 10.8 Å². The molecule has 0 aliphatic rings. The predicted octanol–water partition coefficient (Wildman–Crippen LogP) is 3.10. The number of fused-ring (bicyclic) bond motifs is 1. The van der Waals surface area contributed by atoms with Crippen molar-refractivity contribution in [3.05, 3.63) is 42.0 Å². The first-order chi connectivity index (χ1) is 9.54. The van der Waals surface area contributed by atoms with E-state index < -0.39 is 12.1 Å². The summed E-state index contributed by atoms with van der Waals surface area (Å²) in [7, 11) is 0. The highest BCUT2D eigenvalue weighted by molar-refractivity contribution is 5.90. The number of benzene rings is 2. The first-order valence-electron chi connectivity index (χ1n) is 6.71. The molecule has 20 heavy (non-hydrogen) atoms. The molecule has 3 N–H and O–H groups in total. The Hall–Kier alpha value is -2.07. The van der Waals surface area contributed by atoms with Crippen LogP contribution < -0.4 is 10.5 Å². The summed E-state index contributed by atoms with van der Waals surface area (Å²) in [5.74, 6) is -0.386. The van der Waals surface area contributed by atoms with Gasteiger partial charge in [-0.1, -0.05) is 43.3 Å². The summed E-state index contributed by atoms with van der Waals surface area (Å²) in [5, 5.41) is 11.1. The number of rotatable bonds is 5. The van der Waals surface area contributed by atoms with Gasteiger partial charge in [0.25, 0.3) is 0 Å². The lowest BCUT2D eigenvalue weighted by Crippen LogP contribution is -2.27. The fraction of sp³-hybridized carbons (Fsp3) is 0.312. The normalized spacial score (nSPS) is 13.9. The predicted molar refractivity (Wildman–Crippen MR) is 78.9 cm³/mol. The molecule has 2 aromatic carbocycles. The molecule has 0 amide bonds. The van der Waals surface area contributed by atoms with E-state index in [2.05, 4.69) is 0 Å².